The highest BCUT2D eigenvalue weighted by Gasteiger charge is 2.12. The van der Waals surface area contributed by atoms with E-state index in [-0.39, 0.29) is 5.92 Å². The Morgan fingerprint density at radius 3 is 2.59 bits per heavy atom. The fraction of sp³-hybridized carbons (Fsp3) is 0.500. The van der Waals surface area contributed by atoms with Gasteiger partial charge in [0.15, 0.2) is 0 Å². The molecule has 7 heteroatoms. The first-order valence-electron chi connectivity index (χ1n) is 5.20. The second-order valence-corrected chi connectivity index (χ2v) is 6.43. The Labute approximate surface area is 110 Å². The van der Waals surface area contributed by atoms with E-state index in [1.807, 2.05) is 13.8 Å². The van der Waals surface area contributed by atoms with E-state index in [1.165, 1.54) is 0 Å². The number of anilines is 1. The van der Waals surface area contributed by atoms with Gasteiger partial charge >= 0.3 is 0 Å². The van der Waals surface area contributed by atoms with E-state index in [0.717, 1.165) is 0 Å². The first kappa shape index (κ1) is 14.4. The van der Waals surface area contributed by atoms with E-state index in [4.69, 9.17) is 0 Å². The van der Waals surface area contributed by atoms with Crippen LogP contribution in [0.15, 0.2) is 16.7 Å². The van der Waals surface area contributed by atoms with Gasteiger partial charge in [0, 0.05) is 6.54 Å². The van der Waals surface area contributed by atoms with Gasteiger partial charge in [-0.15, -0.1) is 0 Å². The third-order valence-corrected chi connectivity index (χ3v) is 3.45. The Kier molecular flexibility index (Phi) is 4.91. The molecule has 0 amide bonds. The van der Waals surface area contributed by atoms with E-state index >= 15 is 0 Å². The zero-order chi connectivity index (χ0) is 13.1. The summed E-state index contributed by atoms with van der Waals surface area (Å²) in [7, 11) is -3.52. The van der Waals surface area contributed by atoms with Gasteiger partial charge in [-0.25, -0.2) is 4.98 Å². The van der Waals surface area contributed by atoms with Crippen molar-refractivity contribution in [3.05, 3.63) is 22.4 Å². The van der Waals surface area contributed by atoms with Gasteiger partial charge in [-0.3, -0.25) is 4.72 Å². The number of nitrogens with one attached hydrogen (secondary N) is 2. The molecule has 0 aromatic carbocycles. The summed E-state index contributed by atoms with van der Waals surface area (Å²) in [5, 5.41) is 0. The number of aryl methyl sites for hydroxylation is 1. The van der Waals surface area contributed by atoms with Crippen LogP contribution >= 0.6 is 15.9 Å². The van der Waals surface area contributed by atoms with Gasteiger partial charge in [-0.05, 0) is 40.9 Å². The van der Waals surface area contributed by atoms with Gasteiger partial charge in [-0.1, -0.05) is 13.8 Å². The molecule has 0 unspecified atom stereocenters. The maximum absolute atomic E-state index is 11.7. The lowest BCUT2D eigenvalue weighted by Gasteiger charge is -2.12. The van der Waals surface area contributed by atoms with Crippen molar-refractivity contribution in [1.29, 1.82) is 0 Å². The predicted octanol–water partition coefficient (Wildman–Crippen LogP) is 2.05. The maximum Gasteiger partial charge on any atom is 0.299 e. The van der Waals surface area contributed by atoms with Gasteiger partial charge in [-0.2, -0.15) is 13.1 Å². The zero-order valence-electron chi connectivity index (χ0n) is 9.99. The summed E-state index contributed by atoms with van der Waals surface area (Å²) in [6.45, 7) is 6.02. The molecule has 0 aliphatic heterocycles. The molecule has 1 aromatic heterocycles. The molecule has 0 saturated carbocycles. The third-order valence-electron chi connectivity index (χ3n) is 1.98. The molecular weight excluding hydrogens is 306 g/mol. The van der Waals surface area contributed by atoms with Crippen LogP contribution < -0.4 is 9.44 Å². The number of nitrogens with zero attached hydrogens (tertiary/aromatic N) is 1. The van der Waals surface area contributed by atoms with Crippen LogP contribution in [-0.4, -0.2) is 19.9 Å². The second kappa shape index (κ2) is 5.79. The number of hydrogen-bond donors (Lipinski definition) is 2. The third kappa shape index (κ3) is 5.01. The lowest BCUT2D eigenvalue weighted by atomic mass is 10.2. The van der Waals surface area contributed by atoms with Crippen molar-refractivity contribution in [1.82, 2.24) is 9.71 Å². The average Bonchev–Trinajstić information content (AvgIpc) is 2.20. The van der Waals surface area contributed by atoms with Gasteiger partial charge in [0.2, 0.25) is 0 Å². The average molecular weight is 322 g/mol. The minimum atomic E-state index is -3.52. The Morgan fingerprint density at radius 1 is 1.41 bits per heavy atom. The van der Waals surface area contributed by atoms with Crippen molar-refractivity contribution in [2.24, 2.45) is 5.92 Å². The van der Waals surface area contributed by atoms with Gasteiger partial charge in [0.25, 0.3) is 10.2 Å². The Bertz CT molecular complexity index is 488. The molecule has 0 radical (unpaired) electrons. The van der Waals surface area contributed by atoms with Crippen LogP contribution in [0.3, 0.4) is 0 Å². The van der Waals surface area contributed by atoms with Crippen LogP contribution in [-0.2, 0) is 10.2 Å². The SMILES string of the molecule is Cc1nc(Br)ccc1NS(=O)(=O)NCC(C)C. The molecule has 1 rings (SSSR count). The number of halogens is 1. The number of rotatable bonds is 5. The second-order valence-electron chi connectivity index (χ2n) is 4.11. The van der Waals surface area contributed by atoms with Gasteiger partial charge < -0.3 is 0 Å². The summed E-state index contributed by atoms with van der Waals surface area (Å²) in [5.41, 5.74) is 1.10. The van der Waals surface area contributed by atoms with Gasteiger partial charge in [0.05, 0.1) is 11.4 Å². The summed E-state index contributed by atoms with van der Waals surface area (Å²) < 4.78 is 29.0. The van der Waals surface area contributed by atoms with Crippen molar-refractivity contribution in [2.75, 3.05) is 11.3 Å². The fourth-order valence-electron chi connectivity index (χ4n) is 1.10. The highest BCUT2D eigenvalue weighted by molar-refractivity contribution is 9.10. The molecule has 17 heavy (non-hydrogen) atoms. The lowest BCUT2D eigenvalue weighted by molar-refractivity contribution is 0.565. The number of hydrogen-bond acceptors (Lipinski definition) is 3. The lowest BCUT2D eigenvalue weighted by Crippen LogP contribution is -2.33. The van der Waals surface area contributed by atoms with Crippen molar-refractivity contribution >= 4 is 31.8 Å². The summed E-state index contributed by atoms with van der Waals surface area (Å²) >= 11 is 3.22. The molecular formula is C10H16BrN3O2S. The standard InChI is InChI=1S/C10H16BrN3O2S/c1-7(2)6-12-17(15,16)14-9-4-5-10(11)13-8(9)3/h4-5,7,12,14H,6H2,1-3H3. The molecule has 0 aliphatic carbocycles. The highest BCUT2D eigenvalue weighted by atomic mass is 79.9. The molecule has 5 nitrogen and oxygen atoms in total. The monoisotopic (exact) mass is 321 g/mol. The van der Waals surface area contributed by atoms with E-state index in [2.05, 4.69) is 30.4 Å². The molecule has 0 saturated heterocycles. The molecule has 0 aliphatic rings. The normalized spacial score (nSPS) is 11.8. The number of aromatic nitrogens is 1. The van der Waals surface area contributed by atoms with E-state index in [9.17, 15) is 8.42 Å². The van der Waals surface area contributed by atoms with Crippen LogP contribution in [0.25, 0.3) is 0 Å². The summed E-state index contributed by atoms with van der Waals surface area (Å²) in [5.74, 6) is 0.260. The smallest absolute Gasteiger partial charge is 0.269 e. The molecule has 0 bridgehead atoms. The largest absolute Gasteiger partial charge is 0.299 e. The van der Waals surface area contributed by atoms with E-state index in [1.54, 1.807) is 19.1 Å². The quantitative estimate of drug-likeness (QED) is 0.815. The van der Waals surface area contributed by atoms with Crippen LogP contribution in [0, 0.1) is 12.8 Å². The van der Waals surface area contributed by atoms with Crippen molar-refractivity contribution in [2.45, 2.75) is 20.8 Å². The summed E-state index contributed by atoms with van der Waals surface area (Å²) in [6.07, 6.45) is 0. The fourth-order valence-corrected chi connectivity index (χ4v) is 2.62. The minimum absolute atomic E-state index is 0.260. The maximum atomic E-state index is 11.7. The first-order chi connectivity index (χ1) is 7.80. The molecule has 96 valence electrons. The van der Waals surface area contributed by atoms with E-state index < -0.39 is 10.2 Å². The summed E-state index contributed by atoms with van der Waals surface area (Å²) in [6, 6.07) is 3.36. The molecule has 0 atom stereocenters. The van der Waals surface area contributed by atoms with Crippen LogP contribution in [0.1, 0.15) is 19.5 Å². The Hall–Kier alpha value is -0.660. The number of pyridine rings is 1. The predicted molar refractivity (Wildman–Crippen MR) is 72.1 cm³/mol. The van der Waals surface area contributed by atoms with Crippen molar-refractivity contribution < 1.29 is 8.42 Å². The molecule has 2 N–H and O–H groups in total. The van der Waals surface area contributed by atoms with Crippen LogP contribution in [0.4, 0.5) is 5.69 Å². The van der Waals surface area contributed by atoms with Crippen LogP contribution in [0.2, 0.25) is 0 Å². The first-order valence-corrected chi connectivity index (χ1v) is 7.48. The molecule has 1 heterocycles. The topological polar surface area (TPSA) is 71.1 Å². The Morgan fingerprint density at radius 2 is 2.06 bits per heavy atom. The minimum Gasteiger partial charge on any atom is -0.269 e. The van der Waals surface area contributed by atoms with Crippen LogP contribution in [0.5, 0.6) is 0 Å². The zero-order valence-corrected chi connectivity index (χ0v) is 12.4. The van der Waals surface area contributed by atoms with Gasteiger partial charge in [0.1, 0.15) is 4.60 Å². The molecule has 0 fully saturated rings. The van der Waals surface area contributed by atoms with E-state index in [0.29, 0.717) is 22.5 Å². The molecule has 1 aromatic rings. The molecule has 0 spiro atoms. The highest BCUT2D eigenvalue weighted by Crippen LogP contribution is 2.16. The van der Waals surface area contributed by atoms with Crippen molar-refractivity contribution in [3.8, 4) is 0 Å². The van der Waals surface area contributed by atoms with Crippen molar-refractivity contribution in [3.63, 3.8) is 0 Å². The Balaban J connectivity index is 2.76. The summed E-state index contributed by atoms with van der Waals surface area (Å²) in [4.78, 5) is 4.11.